The van der Waals surface area contributed by atoms with Crippen molar-refractivity contribution >= 4 is 17.7 Å². The number of thioether (sulfide) groups is 1. The van der Waals surface area contributed by atoms with Gasteiger partial charge in [0.15, 0.2) is 0 Å². The number of rotatable bonds is 5. The molecule has 2 fully saturated rings. The van der Waals surface area contributed by atoms with E-state index in [2.05, 4.69) is 25.7 Å². The number of morpholine rings is 1. The molecule has 0 aliphatic carbocycles. The van der Waals surface area contributed by atoms with Crippen LogP contribution in [0.4, 0.5) is 0 Å². The standard InChI is InChI=1S/C17H22N6O2S/c24-16(14-3-1-2-4-15(14)23-13-19-20-21-23)18-11-17(5-10-26-12-17)22-6-8-25-9-7-22/h1-4,13H,5-12H2,(H,18,24). The average Bonchev–Trinajstić information content (AvgIpc) is 3.40. The summed E-state index contributed by atoms with van der Waals surface area (Å²) in [5.74, 6) is 2.08. The Morgan fingerprint density at radius 3 is 2.88 bits per heavy atom. The number of ether oxygens (including phenoxy) is 1. The zero-order valence-corrected chi connectivity index (χ0v) is 15.3. The highest BCUT2D eigenvalue weighted by atomic mass is 32.2. The summed E-state index contributed by atoms with van der Waals surface area (Å²) < 4.78 is 7.01. The number of amides is 1. The third-order valence-electron chi connectivity index (χ3n) is 5.09. The number of hydrogen-bond acceptors (Lipinski definition) is 7. The van der Waals surface area contributed by atoms with Gasteiger partial charge in [-0.25, -0.2) is 0 Å². The smallest absolute Gasteiger partial charge is 0.253 e. The number of nitrogens with zero attached hydrogens (tertiary/aromatic N) is 5. The van der Waals surface area contributed by atoms with Crippen LogP contribution in [0.2, 0.25) is 0 Å². The molecule has 3 heterocycles. The second kappa shape index (κ2) is 7.73. The van der Waals surface area contributed by atoms with Gasteiger partial charge in [0.05, 0.1) is 24.5 Å². The van der Waals surface area contributed by atoms with Crippen molar-refractivity contribution in [1.29, 1.82) is 0 Å². The highest BCUT2D eigenvalue weighted by Crippen LogP contribution is 2.33. The zero-order chi connectivity index (χ0) is 17.8. The van der Waals surface area contributed by atoms with E-state index in [4.69, 9.17) is 4.74 Å². The van der Waals surface area contributed by atoms with Crippen molar-refractivity contribution in [2.75, 3.05) is 44.4 Å². The molecule has 0 radical (unpaired) electrons. The quantitative estimate of drug-likeness (QED) is 0.820. The Morgan fingerprint density at radius 2 is 2.15 bits per heavy atom. The second-order valence-corrected chi connectivity index (χ2v) is 7.69. The molecule has 0 saturated carbocycles. The molecule has 0 bridgehead atoms. The predicted octanol–water partition coefficient (Wildman–Crippen LogP) is 0.600. The van der Waals surface area contributed by atoms with Gasteiger partial charge in [-0.3, -0.25) is 9.69 Å². The Labute approximate surface area is 156 Å². The molecule has 8 nitrogen and oxygen atoms in total. The Balaban J connectivity index is 1.50. The monoisotopic (exact) mass is 374 g/mol. The topological polar surface area (TPSA) is 85.2 Å². The predicted molar refractivity (Wildman–Crippen MR) is 98.6 cm³/mol. The van der Waals surface area contributed by atoms with Crippen LogP contribution in [0.25, 0.3) is 5.69 Å². The summed E-state index contributed by atoms with van der Waals surface area (Å²) in [6, 6.07) is 7.37. The Hall–Kier alpha value is -1.97. The lowest BCUT2D eigenvalue weighted by Gasteiger charge is -2.43. The molecule has 1 aromatic heterocycles. The summed E-state index contributed by atoms with van der Waals surface area (Å²) in [4.78, 5) is 15.4. The number of carbonyl (C=O) groups is 1. The maximum absolute atomic E-state index is 12.9. The fourth-order valence-electron chi connectivity index (χ4n) is 3.61. The lowest BCUT2D eigenvalue weighted by Crippen LogP contribution is -2.59. The van der Waals surface area contributed by atoms with E-state index < -0.39 is 0 Å². The summed E-state index contributed by atoms with van der Waals surface area (Å²) in [5, 5.41) is 14.4. The minimum absolute atomic E-state index is 0.0217. The number of aromatic nitrogens is 4. The number of tetrazole rings is 1. The number of benzene rings is 1. The van der Waals surface area contributed by atoms with Gasteiger partial charge in [0.25, 0.3) is 5.91 Å². The molecule has 26 heavy (non-hydrogen) atoms. The first kappa shape index (κ1) is 17.4. The van der Waals surface area contributed by atoms with Crippen molar-refractivity contribution in [3.05, 3.63) is 36.2 Å². The number of hydrogen-bond donors (Lipinski definition) is 1. The third kappa shape index (κ3) is 3.46. The van der Waals surface area contributed by atoms with E-state index in [0.717, 1.165) is 44.2 Å². The molecule has 1 N–H and O–H groups in total. The van der Waals surface area contributed by atoms with E-state index >= 15 is 0 Å². The SMILES string of the molecule is O=C(NCC1(N2CCOCC2)CCSC1)c1ccccc1-n1cnnn1. The fourth-order valence-corrected chi connectivity index (χ4v) is 5.09. The molecular weight excluding hydrogens is 352 g/mol. The van der Waals surface area contributed by atoms with Crippen LogP contribution in [0.3, 0.4) is 0 Å². The largest absolute Gasteiger partial charge is 0.379 e. The van der Waals surface area contributed by atoms with Crippen molar-refractivity contribution < 1.29 is 9.53 Å². The van der Waals surface area contributed by atoms with Gasteiger partial charge >= 0.3 is 0 Å². The average molecular weight is 374 g/mol. The van der Waals surface area contributed by atoms with Crippen LogP contribution in [0.15, 0.2) is 30.6 Å². The van der Waals surface area contributed by atoms with Gasteiger partial charge in [0.1, 0.15) is 6.33 Å². The highest BCUT2D eigenvalue weighted by molar-refractivity contribution is 7.99. The summed E-state index contributed by atoms with van der Waals surface area (Å²) >= 11 is 1.96. The molecule has 2 saturated heterocycles. The van der Waals surface area contributed by atoms with Crippen LogP contribution in [-0.2, 0) is 4.74 Å². The normalized spacial score (nSPS) is 23.8. The Bertz CT molecular complexity index is 741. The zero-order valence-electron chi connectivity index (χ0n) is 14.5. The first-order valence-electron chi connectivity index (χ1n) is 8.80. The maximum Gasteiger partial charge on any atom is 0.253 e. The van der Waals surface area contributed by atoms with E-state index in [1.54, 1.807) is 6.07 Å². The van der Waals surface area contributed by atoms with Gasteiger partial charge in [-0.05, 0) is 34.7 Å². The fraction of sp³-hybridized carbons (Fsp3) is 0.529. The van der Waals surface area contributed by atoms with Crippen molar-refractivity contribution in [3.8, 4) is 5.69 Å². The van der Waals surface area contributed by atoms with Crippen LogP contribution in [0.5, 0.6) is 0 Å². The van der Waals surface area contributed by atoms with Crippen molar-refractivity contribution in [1.82, 2.24) is 30.4 Å². The van der Waals surface area contributed by atoms with E-state index in [1.807, 2.05) is 30.0 Å². The van der Waals surface area contributed by atoms with E-state index in [-0.39, 0.29) is 11.4 Å². The van der Waals surface area contributed by atoms with Crippen molar-refractivity contribution in [2.24, 2.45) is 0 Å². The molecule has 1 amide bonds. The second-order valence-electron chi connectivity index (χ2n) is 6.58. The Morgan fingerprint density at radius 1 is 1.31 bits per heavy atom. The minimum atomic E-state index is -0.0966. The van der Waals surface area contributed by atoms with Crippen molar-refractivity contribution in [3.63, 3.8) is 0 Å². The van der Waals surface area contributed by atoms with Crippen molar-refractivity contribution in [2.45, 2.75) is 12.0 Å². The summed E-state index contributed by atoms with van der Waals surface area (Å²) in [5.41, 5.74) is 1.27. The van der Waals surface area contributed by atoms with E-state index in [0.29, 0.717) is 17.8 Å². The summed E-state index contributed by atoms with van der Waals surface area (Å²) in [7, 11) is 0. The molecule has 1 atom stereocenters. The van der Waals surface area contributed by atoms with Crippen LogP contribution >= 0.6 is 11.8 Å². The van der Waals surface area contributed by atoms with Gasteiger partial charge in [0, 0.05) is 30.9 Å². The molecule has 2 aliphatic heterocycles. The van der Waals surface area contributed by atoms with Gasteiger partial charge in [0.2, 0.25) is 0 Å². The summed E-state index contributed by atoms with van der Waals surface area (Å²) in [6.45, 7) is 4.03. The first-order chi connectivity index (χ1) is 12.8. The third-order valence-corrected chi connectivity index (χ3v) is 6.32. The van der Waals surface area contributed by atoms with E-state index in [1.165, 1.54) is 11.0 Å². The van der Waals surface area contributed by atoms with Gasteiger partial charge < -0.3 is 10.1 Å². The molecule has 138 valence electrons. The molecular formula is C17H22N6O2S. The van der Waals surface area contributed by atoms with E-state index in [9.17, 15) is 4.79 Å². The van der Waals surface area contributed by atoms with Crippen LogP contribution in [-0.4, -0.2) is 80.9 Å². The number of nitrogens with one attached hydrogen (secondary N) is 1. The molecule has 4 rings (SSSR count). The van der Waals surface area contributed by atoms with Gasteiger partial charge in [-0.2, -0.15) is 16.4 Å². The number of carbonyl (C=O) groups excluding carboxylic acids is 1. The lowest BCUT2D eigenvalue weighted by atomic mass is 9.95. The Kier molecular flexibility index (Phi) is 5.18. The van der Waals surface area contributed by atoms with Crippen LogP contribution in [0.1, 0.15) is 16.8 Å². The van der Waals surface area contributed by atoms with Crippen LogP contribution < -0.4 is 5.32 Å². The number of para-hydroxylation sites is 1. The van der Waals surface area contributed by atoms with Gasteiger partial charge in [-0.15, -0.1) is 5.10 Å². The molecule has 0 spiro atoms. The molecule has 2 aromatic rings. The first-order valence-corrected chi connectivity index (χ1v) is 9.95. The maximum atomic E-state index is 12.9. The molecule has 9 heteroatoms. The highest BCUT2D eigenvalue weighted by Gasteiger charge is 2.41. The molecule has 1 unspecified atom stereocenters. The molecule has 2 aliphatic rings. The minimum Gasteiger partial charge on any atom is -0.379 e. The lowest BCUT2D eigenvalue weighted by molar-refractivity contribution is -0.0129. The summed E-state index contributed by atoms with van der Waals surface area (Å²) in [6.07, 6.45) is 2.58. The molecule has 1 aromatic carbocycles. The van der Waals surface area contributed by atoms with Crippen LogP contribution in [0, 0.1) is 0 Å². The van der Waals surface area contributed by atoms with Gasteiger partial charge in [-0.1, -0.05) is 12.1 Å².